The Kier molecular flexibility index (Phi) is 10.4. The second-order valence-corrected chi connectivity index (χ2v) is 1.96. The fourth-order valence-corrected chi connectivity index (χ4v) is 0.603. The molecule has 0 aliphatic heterocycles. The first-order valence-electron chi connectivity index (χ1n) is 3.92. The lowest BCUT2D eigenvalue weighted by Crippen LogP contribution is -1.89. The molecule has 0 aromatic heterocycles. The molecule has 0 amide bonds. The third kappa shape index (κ3) is 12.3. The summed E-state index contributed by atoms with van der Waals surface area (Å²) in [4.78, 5) is 0. The molecule has 0 saturated heterocycles. The first-order chi connectivity index (χ1) is 5.16. The topological polar surface area (TPSA) is 26.0 Å². The minimum atomic E-state index is 0.602. The maximum absolute atomic E-state index is 5.32. The van der Waals surface area contributed by atoms with E-state index in [0.717, 1.165) is 5.57 Å². The van der Waals surface area contributed by atoms with Crippen LogP contribution in [0, 0.1) is 0 Å². The Bertz CT molecular complexity index is 152. The molecule has 0 aromatic carbocycles. The quantitative estimate of drug-likeness (QED) is 0.606. The maximum Gasteiger partial charge on any atom is 0.0243 e. The van der Waals surface area contributed by atoms with Crippen molar-refractivity contribution < 1.29 is 0 Å². The second kappa shape index (κ2) is 9.02. The minimum Gasteiger partial charge on any atom is -0.399 e. The molecule has 0 atom stereocenters. The van der Waals surface area contributed by atoms with E-state index in [9.17, 15) is 0 Å². The number of hydrogen-bond acceptors (Lipinski definition) is 1. The highest BCUT2D eigenvalue weighted by Gasteiger charge is 1.78. The maximum atomic E-state index is 5.32. The largest absolute Gasteiger partial charge is 0.399 e. The Morgan fingerprint density at radius 3 is 2.09 bits per heavy atom. The molecule has 0 heterocycles. The zero-order chi connectivity index (χ0) is 9.28. The van der Waals surface area contributed by atoms with Gasteiger partial charge in [0.25, 0.3) is 0 Å². The molecule has 0 fully saturated rings. The van der Waals surface area contributed by atoms with Gasteiger partial charge in [-0.2, -0.15) is 0 Å². The van der Waals surface area contributed by atoms with Crippen LogP contribution in [-0.2, 0) is 0 Å². The summed E-state index contributed by atoms with van der Waals surface area (Å²) in [7, 11) is 0. The van der Waals surface area contributed by atoms with Crippen molar-refractivity contribution in [3.63, 3.8) is 0 Å². The van der Waals surface area contributed by atoms with Gasteiger partial charge in [-0.1, -0.05) is 32.6 Å². The van der Waals surface area contributed by atoms with Gasteiger partial charge in [-0.3, -0.25) is 0 Å². The van der Waals surface area contributed by atoms with Crippen molar-refractivity contribution in [1.29, 1.82) is 0 Å². The molecule has 0 aromatic rings. The van der Waals surface area contributed by atoms with Crippen LogP contribution in [0.2, 0.25) is 0 Å². The summed E-state index contributed by atoms with van der Waals surface area (Å²) in [5, 5.41) is 0. The predicted molar refractivity (Wildman–Crippen MR) is 53.2 cm³/mol. The van der Waals surface area contributed by atoms with Crippen LogP contribution in [0.5, 0.6) is 0 Å². The van der Waals surface area contributed by atoms with Crippen molar-refractivity contribution in [2.24, 2.45) is 5.73 Å². The van der Waals surface area contributed by atoms with Gasteiger partial charge < -0.3 is 5.73 Å². The van der Waals surface area contributed by atoms with Crippen LogP contribution in [0.4, 0.5) is 0 Å². The van der Waals surface area contributed by atoms with Crippen LogP contribution in [0.25, 0.3) is 0 Å². The van der Waals surface area contributed by atoms with E-state index < -0.39 is 0 Å². The molecule has 64 valence electrons. The summed E-state index contributed by atoms with van der Waals surface area (Å²) in [6.07, 6.45) is 5.78. The van der Waals surface area contributed by atoms with Gasteiger partial charge in [-0.05, 0) is 25.5 Å². The lowest BCUT2D eigenvalue weighted by atomic mass is 10.2. The highest BCUT2D eigenvalue weighted by Crippen LogP contribution is 1.96. The van der Waals surface area contributed by atoms with Gasteiger partial charge in [0.15, 0.2) is 0 Å². The van der Waals surface area contributed by atoms with E-state index in [1.807, 2.05) is 45.9 Å². The number of rotatable bonds is 2. The van der Waals surface area contributed by atoms with Gasteiger partial charge in [0.2, 0.25) is 0 Å². The SMILES string of the molecule is C=C(N)/C=C(C)/C=C\C.CC. The van der Waals surface area contributed by atoms with Crippen molar-refractivity contribution in [2.45, 2.75) is 27.7 Å². The Labute approximate surface area is 70.3 Å². The molecule has 11 heavy (non-hydrogen) atoms. The molecular formula is C10H19N. The third-order valence-corrected chi connectivity index (χ3v) is 0.843. The standard InChI is InChI=1S/C8H13N.C2H6/c1-4-5-7(2)6-8(3)9;1-2/h4-6H,3,9H2,1-2H3;1-2H3/b5-4-,7-6+;. The predicted octanol–water partition coefficient (Wildman–Crippen LogP) is 3.01. The summed E-state index contributed by atoms with van der Waals surface area (Å²) in [5.74, 6) is 0. The Hall–Kier alpha value is -0.980. The Morgan fingerprint density at radius 2 is 1.82 bits per heavy atom. The van der Waals surface area contributed by atoms with Crippen LogP contribution < -0.4 is 5.73 Å². The van der Waals surface area contributed by atoms with Crippen LogP contribution >= 0.6 is 0 Å². The van der Waals surface area contributed by atoms with E-state index in [0.29, 0.717) is 5.70 Å². The normalized spacial score (nSPS) is 10.7. The average Bonchev–Trinajstić information content (AvgIpc) is 1.91. The van der Waals surface area contributed by atoms with E-state index in [1.165, 1.54) is 0 Å². The molecule has 1 nitrogen and oxygen atoms in total. The van der Waals surface area contributed by atoms with Crippen molar-refractivity contribution in [1.82, 2.24) is 0 Å². The number of allylic oxidation sites excluding steroid dienone is 4. The number of hydrogen-bond donors (Lipinski definition) is 1. The summed E-state index contributed by atoms with van der Waals surface area (Å²) < 4.78 is 0. The highest BCUT2D eigenvalue weighted by molar-refractivity contribution is 5.24. The molecule has 0 spiro atoms. The molecule has 0 unspecified atom stereocenters. The molecule has 0 saturated carbocycles. The van der Waals surface area contributed by atoms with Gasteiger partial charge in [0.05, 0.1) is 0 Å². The van der Waals surface area contributed by atoms with Crippen molar-refractivity contribution in [3.05, 3.63) is 36.1 Å². The summed E-state index contributed by atoms with van der Waals surface area (Å²) in [5.41, 5.74) is 7.05. The molecule has 0 bridgehead atoms. The molecule has 1 heteroatoms. The van der Waals surface area contributed by atoms with E-state index >= 15 is 0 Å². The van der Waals surface area contributed by atoms with Crippen LogP contribution in [0.3, 0.4) is 0 Å². The van der Waals surface area contributed by atoms with Gasteiger partial charge >= 0.3 is 0 Å². The Morgan fingerprint density at radius 1 is 1.36 bits per heavy atom. The lowest BCUT2D eigenvalue weighted by Gasteiger charge is -1.89. The summed E-state index contributed by atoms with van der Waals surface area (Å²) >= 11 is 0. The van der Waals surface area contributed by atoms with Crippen LogP contribution in [0.15, 0.2) is 36.1 Å². The second-order valence-electron chi connectivity index (χ2n) is 1.96. The third-order valence-electron chi connectivity index (χ3n) is 0.843. The molecule has 2 N–H and O–H groups in total. The monoisotopic (exact) mass is 153 g/mol. The van der Waals surface area contributed by atoms with Crippen molar-refractivity contribution in [2.75, 3.05) is 0 Å². The van der Waals surface area contributed by atoms with Crippen molar-refractivity contribution >= 4 is 0 Å². The zero-order valence-corrected chi connectivity index (χ0v) is 8.02. The zero-order valence-electron chi connectivity index (χ0n) is 8.02. The van der Waals surface area contributed by atoms with E-state index in [1.54, 1.807) is 0 Å². The van der Waals surface area contributed by atoms with Crippen LogP contribution in [-0.4, -0.2) is 0 Å². The smallest absolute Gasteiger partial charge is 0.0243 e. The minimum absolute atomic E-state index is 0.602. The van der Waals surface area contributed by atoms with Gasteiger partial charge in [0, 0.05) is 5.70 Å². The molecule has 0 radical (unpaired) electrons. The lowest BCUT2D eigenvalue weighted by molar-refractivity contribution is 1.39. The Balaban J connectivity index is 0. The van der Waals surface area contributed by atoms with Crippen LogP contribution in [0.1, 0.15) is 27.7 Å². The fourth-order valence-electron chi connectivity index (χ4n) is 0.603. The van der Waals surface area contributed by atoms with E-state index in [4.69, 9.17) is 5.73 Å². The highest BCUT2D eigenvalue weighted by atomic mass is 14.5. The molecular weight excluding hydrogens is 134 g/mol. The fraction of sp³-hybridized carbons (Fsp3) is 0.400. The molecule has 0 rings (SSSR count). The molecule has 0 aliphatic rings. The van der Waals surface area contributed by atoms with Gasteiger partial charge in [0.1, 0.15) is 0 Å². The average molecular weight is 153 g/mol. The summed E-state index contributed by atoms with van der Waals surface area (Å²) in [6, 6.07) is 0. The van der Waals surface area contributed by atoms with E-state index in [-0.39, 0.29) is 0 Å². The van der Waals surface area contributed by atoms with Gasteiger partial charge in [-0.15, -0.1) is 0 Å². The summed E-state index contributed by atoms with van der Waals surface area (Å²) in [6.45, 7) is 11.5. The van der Waals surface area contributed by atoms with Gasteiger partial charge in [-0.25, -0.2) is 0 Å². The van der Waals surface area contributed by atoms with E-state index in [2.05, 4.69) is 6.58 Å². The number of nitrogens with two attached hydrogens (primary N) is 1. The van der Waals surface area contributed by atoms with Crippen molar-refractivity contribution in [3.8, 4) is 0 Å². The first-order valence-corrected chi connectivity index (χ1v) is 3.92. The molecule has 0 aliphatic carbocycles. The first kappa shape index (κ1) is 12.7.